The Hall–Kier alpha value is -4.33. The number of rotatable bonds is 8. The molecule has 31 heavy (non-hydrogen) atoms. The fourth-order valence-electron chi connectivity index (χ4n) is 2.90. The van der Waals surface area contributed by atoms with Crippen molar-refractivity contribution < 1.29 is 14.5 Å². The normalized spacial score (nSPS) is 11.6. The van der Waals surface area contributed by atoms with Crippen LogP contribution in [0.4, 0.5) is 5.69 Å². The number of carbonyl (C=O) groups is 2. The van der Waals surface area contributed by atoms with Crippen LogP contribution in [0.15, 0.2) is 90.0 Å². The Bertz CT molecular complexity index is 1090. The molecule has 0 unspecified atom stereocenters. The summed E-state index contributed by atoms with van der Waals surface area (Å²) in [6.45, 7) is 0. The predicted octanol–water partition coefficient (Wildman–Crippen LogP) is 3.61. The molecule has 0 saturated heterocycles. The Morgan fingerprint density at radius 2 is 1.65 bits per heavy atom. The van der Waals surface area contributed by atoms with E-state index in [0.717, 1.165) is 5.56 Å². The van der Waals surface area contributed by atoms with Crippen molar-refractivity contribution in [2.45, 2.75) is 12.5 Å². The topological polar surface area (TPSA) is 114 Å². The second-order valence-electron chi connectivity index (χ2n) is 6.65. The molecule has 2 N–H and O–H groups in total. The lowest BCUT2D eigenvalue weighted by Gasteiger charge is -2.18. The second kappa shape index (κ2) is 10.4. The third kappa shape index (κ3) is 6.33. The van der Waals surface area contributed by atoms with Gasteiger partial charge in [-0.3, -0.25) is 19.7 Å². The van der Waals surface area contributed by atoms with Crippen molar-refractivity contribution in [2.75, 3.05) is 0 Å². The molecule has 0 aliphatic carbocycles. The monoisotopic (exact) mass is 416 g/mol. The smallest absolute Gasteiger partial charge is 0.270 e. The molecule has 0 aromatic heterocycles. The largest absolute Gasteiger partial charge is 0.345 e. The molecule has 8 heteroatoms. The van der Waals surface area contributed by atoms with Gasteiger partial charge in [0.1, 0.15) is 0 Å². The molecule has 3 rings (SSSR count). The molecule has 0 radical (unpaired) electrons. The van der Waals surface area contributed by atoms with E-state index >= 15 is 0 Å². The van der Waals surface area contributed by atoms with Gasteiger partial charge in [-0.2, -0.15) is 5.10 Å². The van der Waals surface area contributed by atoms with Crippen LogP contribution in [0.2, 0.25) is 0 Å². The number of hydrogen-bond acceptors (Lipinski definition) is 5. The van der Waals surface area contributed by atoms with Crippen LogP contribution in [0, 0.1) is 10.1 Å². The maximum atomic E-state index is 12.6. The molecule has 0 fully saturated rings. The number of non-ortho nitro benzene ring substituents is 1. The van der Waals surface area contributed by atoms with Gasteiger partial charge >= 0.3 is 0 Å². The average Bonchev–Trinajstić information content (AvgIpc) is 2.80. The first-order valence-corrected chi connectivity index (χ1v) is 9.50. The third-order valence-corrected chi connectivity index (χ3v) is 4.42. The van der Waals surface area contributed by atoms with Crippen molar-refractivity contribution in [1.29, 1.82) is 0 Å². The number of hydrazone groups is 1. The molecule has 0 heterocycles. The SMILES string of the molecule is O=C(C[C@H](NC(=O)c1ccccc1)c1ccccc1)N/N=C\c1cccc([N+](=O)[O-])c1. The predicted molar refractivity (Wildman–Crippen MR) is 117 cm³/mol. The van der Waals surface area contributed by atoms with E-state index in [0.29, 0.717) is 11.1 Å². The molecule has 3 aromatic rings. The van der Waals surface area contributed by atoms with Crippen molar-refractivity contribution >= 4 is 23.7 Å². The van der Waals surface area contributed by atoms with E-state index < -0.39 is 16.9 Å². The van der Waals surface area contributed by atoms with Gasteiger partial charge in [0.25, 0.3) is 11.6 Å². The summed E-state index contributed by atoms with van der Waals surface area (Å²) in [6, 6.07) is 23.2. The molecule has 3 aromatic carbocycles. The van der Waals surface area contributed by atoms with Gasteiger partial charge in [0.2, 0.25) is 5.91 Å². The minimum absolute atomic E-state index is 0.0329. The summed E-state index contributed by atoms with van der Waals surface area (Å²) >= 11 is 0. The Morgan fingerprint density at radius 3 is 2.32 bits per heavy atom. The minimum atomic E-state index is -0.554. The Morgan fingerprint density at radius 1 is 0.968 bits per heavy atom. The Labute approximate surface area is 178 Å². The lowest BCUT2D eigenvalue weighted by Crippen LogP contribution is -2.32. The zero-order valence-corrected chi connectivity index (χ0v) is 16.5. The van der Waals surface area contributed by atoms with E-state index in [1.807, 2.05) is 36.4 Å². The molecule has 2 amide bonds. The molecule has 8 nitrogen and oxygen atoms in total. The maximum Gasteiger partial charge on any atom is 0.270 e. The van der Waals surface area contributed by atoms with Gasteiger partial charge < -0.3 is 5.32 Å². The number of nitrogens with one attached hydrogen (secondary N) is 2. The number of nitro groups is 1. The highest BCUT2D eigenvalue weighted by atomic mass is 16.6. The van der Waals surface area contributed by atoms with Crippen LogP contribution < -0.4 is 10.7 Å². The summed E-state index contributed by atoms with van der Waals surface area (Å²) in [7, 11) is 0. The molecule has 0 aliphatic rings. The van der Waals surface area contributed by atoms with Crippen LogP contribution in [-0.4, -0.2) is 23.0 Å². The summed E-state index contributed by atoms with van der Waals surface area (Å²) in [4.78, 5) is 35.3. The molecule has 0 aliphatic heterocycles. The minimum Gasteiger partial charge on any atom is -0.345 e. The zero-order chi connectivity index (χ0) is 22.1. The van der Waals surface area contributed by atoms with Crippen molar-refractivity contribution in [2.24, 2.45) is 5.10 Å². The first kappa shape index (κ1) is 21.4. The summed E-state index contributed by atoms with van der Waals surface area (Å²) in [5.74, 6) is -0.703. The van der Waals surface area contributed by atoms with E-state index in [2.05, 4.69) is 15.8 Å². The third-order valence-electron chi connectivity index (χ3n) is 4.42. The van der Waals surface area contributed by atoms with Crippen LogP contribution in [0.5, 0.6) is 0 Å². The van der Waals surface area contributed by atoms with Gasteiger partial charge in [-0.15, -0.1) is 0 Å². The molecule has 0 bridgehead atoms. The van der Waals surface area contributed by atoms with Gasteiger partial charge in [0.05, 0.1) is 23.6 Å². The van der Waals surface area contributed by atoms with E-state index in [1.165, 1.54) is 24.4 Å². The quantitative estimate of drug-likeness (QED) is 0.332. The fourth-order valence-corrected chi connectivity index (χ4v) is 2.90. The van der Waals surface area contributed by atoms with E-state index in [9.17, 15) is 19.7 Å². The Balaban J connectivity index is 1.66. The van der Waals surface area contributed by atoms with Crippen LogP contribution in [0.1, 0.15) is 33.9 Å². The standard InChI is InChI=1S/C23H20N4O4/c28-22(26-24-16-17-8-7-13-20(14-17)27(30)31)15-21(18-9-3-1-4-10-18)25-23(29)19-11-5-2-6-12-19/h1-14,16,21H,15H2,(H,25,29)(H,26,28)/b24-16-/t21-/m0/s1. The highest BCUT2D eigenvalue weighted by Gasteiger charge is 2.19. The van der Waals surface area contributed by atoms with Crippen LogP contribution in [-0.2, 0) is 4.79 Å². The number of amides is 2. The second-order valence-corrected chi connectivity index (χ2v) is 6.65. The summed E-state index contributed by atoms with van der Waals surface area (Å²) < 4.78 is 0. The molecule has 156 valence electrons. The lowest BCUT2D eigenvalue weighted by atomic mass is 10.0. The maximum absolute atomic E-state index is 12.6. The first-order valence-electron chi connectivity index (χ1n) is 9.50. The van der Waals surface area contributed by atoms with Crippen molar-refractivity contribution in [3.05, 3.63) is 112 Å². The van der Waals surface area contributed by atoms with Crippen molar-refractivity contribution in [1.82, 2.24) is 10.7 Å². The van der Waals surface area contributed by atoms with Crippen LogP contribution in [0.25, 0.3) is 0 Å². The van der Waals surface area contributed by atoms with Crippen LogP contribution >= 0.6 is 0 Å². The average molecular weight is 416 g/mol. The number of carbonyl (C=O) groups excluding carboxylic acids is 2. The summed E-state index contributed by atoms with van der Waals surface area (Å²) in [6.07, 6.45) is 1.29. The van der Waals surface area contributed by atoms with Crippen molar-refractivity contribution in [3.8, 4) is 0 Å². The molecular weight excluding hydrogens is 396 g/mol. The highest BCUT2D eigenvalue weighted by molar-refractivity contribution is 5.94. The number of benzene rings is 3. The fraction of sp³-hybridized carbons (Fsp3) is 0.0870. The van der Waals surface area contributed by atoms with E-state index in [4.69, 9.17) is 0 Å². The van der Waals surface area contributed by atoms with Gasteiger partial charge in [-0.05, 0) is 17.7 Å². The Kier molecular flexibility index (Phi) is 7.21. The highest BCUT2D eigenvalue weighted by Crippen LogP contribution is 2.17. The van der Waals surface area contributed by atoms with Gasteiger partial charge in [-0.25, -0.2) is 5.43 Å². The summed E-state index contributed by atoms with van der Waals surface area (Å²) in [5, 5.41) is 17.6. The lowest BCUT2D eigenvalue weighted by molar-refractivity contribution is -0.384. The first-order chi connectivity index (χ1) is 15.0. The van der Waals surface area contributed by atoms with E-state index in [1.54, 1.807) is 30.3 Å². The van der Waals surface area contributed by atoms with Gasteiger partial charge in [0.15, 0.2) is 0 Å². The van der Waals surface area contributed by atoms with E-state index in [-0.39, 0.29) is 18.0 Å². The van der Waals surface area contributed by atoms with Gasteiger partial charge in [-0.1, -0.05) is 60.7 Å². The van der Waals surface area contributed by atoms with Crippen LogP contribution in [0.3, 0.4) is 0 Å². The number of nitro benzene ring substituents is 1. The number of hydrogen-bond donors (Lipinski definition) is 2. The molecule has 0 spiro atoms. The molecule has 1 atom stereocenters. The summed E-state index contributed by atoms with van der Waals surface area (Å²) in [5.41, 5.74) is 4.09. The number of nitrogens with zero attached hydrogens (tertiary/aromatic N) is 2. The zero-order valence-electron chi connectivity index (χ0n) is 16.5. The molecular formula is C23H20N4O4. The van der Waals surface area contributed by atoms with Gasteiger partial charge in [0, 0.05) is 23.3 Å². The molecule has 0 saturated carbocycles. The van der Waals surface area contributed by atoms with Crippen molar-refractivity contribution in [3.63, 3.8) is 0 Å².